The Morgan fingerprint density at radius 3 is 2.48 bits per heavy atom. The van der Waals surface area contributed by atoms with E-state index in [1.807, 2.05) is 59.5 Å². The molecule has 8 nitrogen and oxygen atoms in total. The molecule has 2 saturated heterocycles. The molecule has 3 aliphatic heterocycles. The first kappa shape index (κ1) is 30.4. The Morgan fingerprint density at radius 1 is 0.955 bits per heavy atom. The van der Waals surface area contributed by atoms with E-state index in [0.29, 0.717) is 44.0 Å². The van der Waals surface area contributed by atoms with Crippen LogP contribution in [0.1, 0.15) is 36.0 Å². The van der Waals surface area contributed by atoms with Crippen molar-refractivity contribution in [3.63, 3.8) is 0 Å². The van der Waals surface area contributed by atoms with Gasteiger partial charge >= 0.3 is 0 Å². The van der Waals surface area contributed by atoms with Gasteiger partial charge in [-0.25, -0.2) is 0 Å². The molecule has 2 fully saturated rings. The number of carbonyl (C=O) groups excluding carboxylic acids is 2. The summed E-state index contributed by atoms with van der Waals surface area (Å²) < 4.78 is 6.41. The zero-order chi connectivity index (χ0) is 30.3. The average molecular weight is 616 g/mol. The minimum absolute atomic E-state index is 0.0337. The first-order valence-electron chi connectivity index (χ1n) is 15.9. The van der Waals surface area contributed by atoms with Crippen molar-refractivity contribution in [1.82, 2.24) is 20.9 Å². The van der Waals surface area contributed by atoms with E-state index in [0.717, 1.165) is 55.9 Å². The van der Waals surface area contributed by atoms with Crippen LogP contribution in [0.3, 0.4) is 0 Å². The van der Waals surface area contributed by atoms with Crippen molar-refractivity contribution in [2.75, 3.05) is 44.2 Å². The molecule has 3 heterocycles. The SMILES string of the molecule is O=C(CC1Cc2ccccc2CN1)N[C@H](Cc1ccc(Cl)cc1)C(=O)N1CCN(c2ccccc2O[C@@H]2CCCNC2)CC1. The highest BCUT2D eigenvalue weighted by atomic mass is 35.5. The molecule has 3 N–H and O–H groups in total. The normalized spacial score (nSPS) is 20.8. The highest BCUT2D eigenvalue weighted by molar-refractivity contribution is 6.30. The molecule has 1 unspecified atom stereocenters. The predicted octanol–water partition coefficient (Wildman–Crippen LogP) is 3.95. The average Bonchev–Trinajstić information content (AvgIpc) is 3.06. The fraction of sp³-hybridized carbons (Fsp3) is 0.429. The van der Waals surface area contributed by atoms with Gasteiger partial charge in [-0.1, -0.05) is 60.1 Å². The number of nitrogens with one attached hydrogen (secondary N) is 3. The van der Waals surface area contributed by atoms with Crippen LogP contribution in [0.2, 0.25) is 5.02 Å². The number of rotatable bonds is 9. The molecule has 6 rings (SSSR count). The minimum atomic E-state index is -0.652. The lowest BCUT2D eigenvalue weighted by Crippen LogP contribution is -2.56. The minimum Gasteiger partial charge on any atom is -0.487 e. The Morgan fingerprint density at radius 2 is 1.70 bits per heavy atom. The van der Waals surface area contributed by atoms with Crippen LogP contribution in [0.25, 0.3) is 0 Å². The Kier molecular flexibility index (Phi) is 10.0. The van der Waals surface area contributed by atoms with Gasteiger partial charge in [0.1, 0.15) is 17.9 Å². The lowest BCUT2D eigenvalue weighted by atomic mass is 9.94. The van der Waals surface area contributed by atoms with Crippen molar-refractivity contribution in [2.45, 2.75) is 56.8 Å². The van der Waals surface area contributed by atoms with Gasteiger partial charge in [0.25, 0.3) is 0 Å². The molecule has 232 valence electrons. The lowest BCUT2D eigenvalue weighted by Gasteiger charge is -2.38. The lowest BCUT2D eigenvalue weighted by molar-refractivity contribution is -0.136. The summed E-state index contributed by atoms with van der Waals surface area (Å²) in [5.74, 6) is 0.733. The molecule has 3 atom stereocenters. The van der Waals surface area contributed by atoms with E-state index in [2.05, 4.69) is 39.0 Å². The summed E-state index contributed by atoms with van der Waals surface area (Å²) in [6.45, 7) is 5.20. The zero-order valence-electron chi connectivity index (χ0n) is 25.1. The van der Waals surface area contributed by atoms with E-state index in [1.54, 1.807) is 0 Å². The number of fused-ring (bicyclic) bond motifs is 1. The third-order valence-electron chi connectivity index (χ3n) is 8.93. The summed E-state index contributed by atoms with van der Waals surface area (Å²) >= 11 is 6.12. The molecule has 0 spiro atoms. The molecular weight excluding hydrogens is 574 g/mol. The standard InChI is InChI=1S/C35H42ClN5O3/c36-28-13-11-25(12-14-28)20-31(39-34(42)22-29-21-26-6-1-2-7-27(26)23-38-29)35(43)41-18-16-40(17-19-41)32-9-3-4-10-33(32)44-30-8-5-15-37-24-30/h1-4,6-7,9-14,29-31,37-38H,5,8,15-24H2,(H,39,42)/t29?,30-,31-/m1/s1. The number of carbonyl (C=O) groups is 2. The summed E-state index contributed by atoms with van der Waals surface area (Å²) in [6, 6.07) is 23.4. The molecule has 0 aliphatic carbocycles. The van der Waals surface area contributed by atoms with Crippen molar-refractivity contribution in [2.24, 2.45) is 0 Å². The van der Waals surface area contributed by atoms with Gasteiger partial charge in [-0.05, 0) is 66.8 Å². The number of hydrogen-bond donors (Lipinski definition) is 3. The van der Waals surface area contributed by atoms with E-state index in [4.69, 9.17) is 16.3 Å². The third-order valence-corrected chi connectivity index (χ3v) is 9.18. The van der Waals surface area contributed by atoms with Crippen molar-refractivity contribution >= 4 is 29.1 Å². The maximum absolute atomic E-state index is 14.0. The number of halogens is 1. The highest BCUT2D eigenvalue weighted by Crippen LogP contribution is 2.31. The molecule has 9 heteroatoms. The monoisotopic (exact) mass is 615 g/mol. The summed E-state index contributed by atoms with van der Waals surface area (Å²) in [4.78, 5) is 31.5. The summed E-state index contributed by atoms with van der Waals surface area (Å²) in [5.41, 5.74) is 4.58. The first-order chi connectivity index (χ1) is 21.5. The Labute approximate surface area is 265 Å². The molecule has 44 heavy (non-hydrogen) atoms. The summed E-state index contributed by atoms with van der Waals surface area (Å²) in [5, 5.41) is 10.7. The summed E-state index contributed by atoms with van der Waals surface area (Å²) in [7, 11) is 0. The largest absolute Gasteiger partial charge is 0.487 e. The number of piperazine rings is 1. The molecule has 3 aromatic rings. The van der Waals surface area contributed by atoms with Crippen LogP contribution in [-0.2, 0) is 29.0 Å². The number of para-hydroxylation sites is 2. The van der Waals surface area contributed by atoms with Crippen molar-refractivity contribution in [3.8, 4) is 5.75 Å². The highest BCUT2D eigenvalue weighted by Gasteiger charge is 2.31. The van der Waals surface area contributed by atoms with Gasteiger partial charge in [0, 0.05) is 63.2 Å². The van der Waals surface area contributed by atoms with Gasteiger partial charge in [-0.3, -0.25) is 9.59 Å². The number of anilines is 1. The molecule has 0 aromatic heterocycles. The number of nitrogens with zero attached hydrogens (tertiary/aromatic N) is 2. The fourth-order valence-electron chi connectivity index (χ4n) is 6.50. The van der Waals surface area contributed by atoms with Crippen LogP contribution in [-0.4, -0.2) is 74.2 Å². The number of ether oxygens (including phenoxy) is 1. The molecule has 0 saturated carbocycles. The molecule has 2 amide bonds. The maximum Gasteiger partial charge on any atom is 0.245 e. The van der Waals surface area contributed by atoms with Crippen LogP contribution in [0, 0.1) is 0 Å². The topological polar surface area (TPSA) is 85.9 Å². The maximum atomic E-state index is 14.0. The van der Waals surface area contributed by atoms with Gasteiger partial charge in [-0.15, -0.1) is 0 Å². The Hall–Kier alpha value is -3.59. The van der Waals surface area contributed by atoms with Gasteiger partial charge in [0.2, 0.25) is 11.8 Å². The van der Waals surface area contributed by atoms with E-state index in [1.165, 1.54) is 11.1 Å². The van der Waals surface area contributed by atoms with E-state index >= 15 is 0 Å². The van der Waals surface area contributed by atoms with E-state index in [9.17, 15) is 9.59 Å². The first-order valence-corrected chi connectivity index (χ1v) is 16.2. The third kappa shape index (κ3) is 7.73. The van der Waals surface area contributed by atoms with Crippen LogP contribution in [0.5, 0.6) is 5.75 Å². The van der Waals surface area contributed by atoms with E-state index < -0.39 is 6.04 Å². The quantitative estimate of drug-likeness (QED) is 0.338. The number of hydrogen-bond acceptors (Lipinski definition) is 6. The van der Waals surface area contributed by atoms with Crippen molar-refractivity contribution in [3.05, 3.63) is 94.5 Å². The summed E-state index contributed by atoms with van der Waals surface area (Å²) in [6.07, 6.45) is 3.86. The van der Waals surface area contributed by atoms with Gasteiger partial charge in [-0.2, -0.15) is 0 Å². The molecule has 0 radical (unpaired) electrons. The Balaban J connectivity index is 1.09. The van der Waals surface area contributed by atoms with Gasteiger partial charge in [0.15, 0.2) is 0 Å². The Bertz CT molecular complexity index is 1420. The number of benzene rings is 3. The van der Waals surface area contributed by atoms with Gasteiger partial charge < -0.3 is 30.5 Å². The second-order valence-corrected chi connectivity index (χ2v) is 12.5. The molecule has 3 aromatic carbocycles. The zero-order valence-corrected chi connectivity index (χ0v) is 25.9. The second-order valence-electron chi connectivity index (χ2n) is 12.1. The van der Waals surface area contributed by atoms with Crippen LogP contribution in [0.15, 0.2) is 72.8 Å². The fourth-order valence-corrected chi connectivity index (χ4v) is 6.63. The molecule has 0 bridgehead atoms. The number of piperidine rings is 1. The molecular formula is C35H42ClN5O3. The van der Waals surface area contributed by atoms with Crippen molar-refractivity contribution < 1.29 is 14.3 Å². The van der Waals surface area contributed by atoms with Crippen LogP contribution >= 0.6 is 11.6 Å². The number of amides is 2. The van der Waals surface area contributed by atoms with Crippen LogP contribution < -0.4 is 25.6 Å². The second kappa shape index (κ2) is 14.5. The van der Waals surface area contributed by atoms with Gasteiger partial charge in [0.05, 0.1) is 5.69 Å². The van der Waals surface area contributed by atoms with Crippen molar-refractivity contribution in [1.29, 1.82) is 0 Å². The van der Waals surface area contributed by atoms with E-state index in [-0.39, 0.29) is 24.0 Å². The molecule has 3 aliphatic rings. The van der Waals surface area contributed by atoms with Crippen LogP contribution in [0.4, 0.5) is 5.69 Å². The predicted molar refractivity (Wildman–Crippen MR) is 174 cm³/mol. The smallest absolute Gasteiger partial charge is 0.245 e.